The number of ether oxygens (including phenoxy) is 2. The molecule has 2 rings (SSSR count). The lowest BCUT2D eigenvalue weighted by Crippen LogP contribution is -2.51. The molecule has 1 aromatic rings. The third-order valence-electron chi connectivity index (χ3n) is 4.60. The van der Waals surface area contributed by atoms with Crippen LogP contribution in [0.1, 0.15) is 44.0 Å². The number of carbonyl (C=O) groups is 2. The molecule has 1 aliphatic rings. The van der Waals surface area contributed by atoms with E-state index in [2.05, 4.69) is 10.6 Å². The van der Waals surface area contributed by atoms with Gasteiger partial charge in [-0.2, -0.15) is 0 Å². The Bertz CT molecular complexity index is 642. The highest BCUT2D eigenvalue weighted by molar-refractivity contribution is 5.95. The van der Waals surface area contributed by atoms with Crippen LogP contribution in [0.25, 0.3) is 0 Å². The van der Waals surface area contributed by atoms with Crippen LogP contribution < -0.4 is 20.1 Å². The second-order valence-corrected chi connectivity index (χ2v) is 7.00. The highest BCUT2D eigenvalue weighted by Gasteiger charge is 2.28. The predicted octanol–water partition coefficient (Wildman–Crippen LogP) is 1.81. The zero-order chi connectivity index (χ0) is 19.8. The van der Waals surface area contributed by atoms with Gasteiger partial charge in [0.05, 0.1) is 13.7 Å². The van der Waals surface area contributed by atoms with Crippen LogP contribution in [0.3, 0.4) is 0 Å². The largest absolute Gasteiger partial charge is 0.493 e. The number of nitrogens with one attached hydrogen (secondary N) is 2. The first kappa shape index (κ1) is 21.0. The molecule has 1 aromatic carbocycles. The Kier molecular flexibility index (Phi) is 7.91. The number of nitrogens with zero attached hydrogens (tertiary/aromatic N) is 1. The van der Waals surface area contributed by atoms with Gasteiger partial charge in [-0.25, -0.2) is 0 Å². The lowest BCUT2D eigenvalue weighted by Gasteiger charge is -2.37. The van der Waals surface area contributed by atoms with Crippen molar-refractivity contribution < 1.29 is 19.1 Å². The average Bonchev–Trinajstić information content (AvgIpc) is 2.65. The van der Waals surface area contributed by atoms with E-state index in [0.29, 0.717) is 30.2 Å². The summed E-state index contributed by atoms with van der Waals surface area (Å²) >= 11 is 0. The summed E-state index contributed by atoms with van der Waals surface area (Å²) in [6.45, 7) is 8.06. The van der Waals surface area contributed by atoms with Crippen molar-refractivity contribution in [3.05, 3.63) is 23.8 Å². The maximum atomic E-state index is 13.2. The molecule has 0 aliphatic carbocycles. The Labute approximate surface area is 161 Å². The van der Waals surface area contributed by atoms with Gasteiger partial charge in [-0.1, -0.05) is 0 Å². The van der Waals surface area contributed by atoms with E-state index in [1.165, 1.54) is 6.92 Å². The molecule has 0 aromatic heterocycles. The summed E-state index contributed by atoms with van der Waals surface area (Å²) in [4.78, 5) is 26.1. The van der Waals surface area contributed by atoms with Gasteiger partial charge in [0.1, 0.15) is 6.61 Å². The molecule has 1 atom stereocenters. The smallest absolute Gasteiger partial charge is 0.254 e. The fourth-order valence-electron chi connectivity index (χ4n) is 3.35. The lowest BCUT2D eigenvalue weighted by atomic mass is 10.0. The van der Waals surface area contributed by atoms with Crippen LogP contribution in [0.4, 0.5) is 0 Å². The van der Waals surface area contributed by atoms with Gasteiger partial charge in [0.15, 0.2) is 11.5 Å². The summed E-state index contributed by atoms with van der Waals surface area (Å²) in [6, 6.07) is 5.54. The number of rotatable bonds is 8. The van der Waals surface area contributed by atoms with Gasteiger partial charge in [0.25, 0.3) is 5.91 Å². The van der Waals surface area contributed by atoms with Gasteiger partial charge in [-0.3, -0.25) is 9.59 Å². The van der Waals surface area contributed by atoms with Gasteiger partial charge in [-0.15, -0.1) is 0 Å². The van der Waals surface area contributed by atoms with E-state index in [1.54, 1.807) is 25.3 Å². The Morgan fingerprint density at radius 1 is 1.33 bits per heavy atom. The minimum absolute atomic E-state index is 0.00642. The minimum Gasteiger partial charge on any atom is -0.493 e. The van der Waals surface area contributed by atoms with Crippen LogP contribution in [0.2, 0.25) is 0 Å². The summed E-state index contributed by atoms with van der Waals surface area (Å²) in [5, 5.41) is 6.06. The molecular weight excluding hydrogens is 346 g/mol. The molecule has 27 heavy (non-hydrogen) atoms. The predicted molar refractivity (Wildman–Crippen MR) is 104 cm³/mol. The molecule has 7 heteroatoms. The van der Waals surface area contributed by atoms with Crippen LogP contribution in [0, 0.1) is 0 Å². The first-order valence-corrected chi connectivity index (χ1v) is 9.52. The maximum Gasteiger partial charge on any atom is 0.254 e. The summed E-state index contributed by atoms with van der Waals surface area (Å²) in [6.07, 6.45) is 2.08. The van der Waals surface area contributed by atoms with E-state index in [1.807, 2.05) is 18.7 Å². The number of hydrogen-bond acceptors (Lipinski definition) is 5. The van der Waals surface area contributed by atoms with Crippen molar-refractivity contribution in [1.82, 2.24) is 15.5 Å². The molecule has 1 saturated heterocycles. The molecule has 0 saturated carbocycles. The van der Waals surface area contributed by atoms with Crippen molar-refractivity contribution in [1.29, 1.82) is 0 Å². The Morgan fingerprint density at radius 2 is 2.11 bits per heavy atom. The number of benzene rings is 1. The fraction of sp³-hybridized carbons (Fsp3) is 0.600. The summed E-state index contributed by atoms with van der Waals surface area (Å²) < 4.78 is 11.1. The number of hydrogen-bond donors (Lipinski definition) is 2. The van der Waals surface area contributed by atoms with Crippen LogP contribution >= 0.6 is 0 Å². The topological polar surface area (TPSA) is 79.9 Å². The van der Waals surface area contributed by atoms with E-state index in [4.69, 9.17) is 9.47 Å². The fourth-order valence-corrected chi connectivity index (χ4v) is 3.35. The summed E-state index contributed by atoms with van der Waals surface area (Å²) in [5.41, 5.74) is 0.574. The minimum atomic E-state index is -0.108. The Balaban J connectivity index is 2.16. The van der Waals surface area contributed by atoms with Gasteiger partial charge in [0.2, 0.25) is 5.91 Å². The Hall–Kier alpha value is -2.28. The van der Waals surface area contributed by atoms with Crippen LogP contribution in [-0.4, -0.2) is 62.1 Å². The quantitative estimate of drug-likeness (QED) is 0.676. The molecule has 2 amide bonds. The van der Waals surface area contributed by atoms with Gasteiger partial charge < -0.3 is 25.0 Å². The summed E-state index contributed by atoms with van der Waals surface area (Å²) in [7, 11) is 1.56. The maximum absolute atomic E-state index is 13.2. The van der Waals surface area contributed by atoms with Gasteiger partial charge >= 0.3 is 0 Å². The number of carbonyl (C=O) groups excluding carboxylic acids is 2. The van der Waals surface area contributed by atoms with Crippen molar-refractivity contribution in [2.75, 3.05) is 33.4 Å². The number of methoxy groups -OCH3 is 1. The molecule has 1 unspecified atom stereocenters. The standard InChI is InChI=1S/C20H31N3O4/c1-14(2)23(17-6-5-9-21-13-17)20(25)16-7-8-18(26-4)19(12-16)27-11-10-22-15(3)24/h7-8,12,14,17,21H,5-6,9-11,13H2,1-4H3,(H,22,24). The third kappa shape index (κ3) is 5.85. The molecule has 1 heterocycles. The van der Waals surface area contributed by atoms with Crippen molar-refractivity contribution in [3.63, 3.8) is 0 Å². The van der Waals surface area contributed by atoms with Crippen molar-refractivity contribution in [3.8, 4) is 11.5 Å². The van der Waals surface area contributed by atoms with Gasteiger partial charge in [-0.05, 0) is 51.4 Å². The normalized spacial score (nSPS) is 16.7. The first-order valence-electron chi connectivity index (χ1n) is 9.52. The highest BCUT2D eigenvalue weighted by Crippen LogP contribution is 2.29. The van der Waals surface area contributed by atoms with E-state index < -0.39 is 0 Å². The zero-order valence-electron chi connectivity index (χ0n) is 16.7. The van der Waals surface area contributed by atoms with E-state index in [0.717, 1.165) is 25.9 Å². The second-order valence-electron chi connectivity index (χ2n) is 7.00. The van der Waals surface area contributed by atoms with Crippen LogP contribution in [0.5, 0.6) is 11.5 Å². The SMILES string of the molecule is COc1ccc(C(=O)N(C(C)C)C2CCCNC2)cc1OCCNC(C)=O. The zero-order valence-corrected chi connectivity index (χ0v) is 16.7. The molecular formula is C20H31N3O4. The monoisotopic (exact) mass is 377 g/mol. The van der Waals surface area contributed by atoms with Crippen molar-refractivity contribution >= 4 is 11.8 Å². The number of piperidine rings is 1. The van der Waals surface area contributed by atoms with Crippen molar-refractivity contribution in [2.24, 2.45) is 0 Å². The highest BCUT2D eigenvalue weighted by atomic mass is 16.5. The van der Waals surface area contributed by atoms with Gasteiger partial charge in [0, 0.05) is 31.1 Å². The first-order chi connectivity index (χ1) is 12.9. The second kappa shape index (κ2) is 10.2. The third-order valence-corrected chi connectivity index (χ3v) is 4.60. The molecule has 0 spiro atoms. The molecule has 150 valence electrons. The molecule has 1 aliphatic heterocycles. The van der Waals surface area contributed by atoms with Crippen LogP contribution in [0.15, 0.2) is 18.2 Å². The molecule has 7 nitrogen and oxygen atoms in total. The summed E-state index contributed by atoms with van der Waals surface area (Å²) in [5.74, 6) is 0.945. The molecule has 2 N–H and O–H groups in total. The average molecular weight is 377 g/mol. The Morgan fingerprint density at radius 3 is 2.70 bits per heavy atom. The molecule has 1 fully saturated rings. The van der Waals surface area contributed by atoms with E-state index in [-0.39, 0.29) is 23.9 Å². The molecule has 0 radical (unpaired) electrons. The molecule has 0 bridgehead atoms. The lowest BCUT2D eigenvalue weighted by molar-refractivity contribution is -0.119. The van der Waals surface area contributed by atoms with E-state index >= 15 is 0 Å². The van der Waals surface area contributed by atoms with Crippen LogP contribution in [-0.2, 0) is 4.79 Å². The van der Waals surface area contributed by atoms with E-state index in [9.17, 15) is 9.59 Å². The number of amides is 2. The van der Waals surface area contributed by atoms with Crippen molar-refractivity contribution in [2.45, 2.75) is 45.7 Å².